The van der Waals surface area contributed by atoms with E-state index in [0.29, 0.717) is 0 Å². The Balaban J connectivity index is 0.00000288. The standard InChI is InChI=1S/C17H24ClN5.HI/c1-3-19-17(21-9-10-23-13-14(2)12-22-23)20-8-7-15-5-4-6-16(18)11-15;/h4-6,11-13H,3,7-10H2,1-2H3,(H2,19,20,21);1H. The predicted octanol–water partition coefficient (Wildman–Crippen LogP) is 3.26. The van der Waals surface area contributed by atoms with Crippen molar-refractivity contribution in [1.29, 1.82) is 0 Å². The zero-order valence-corrected chi connectivity index (χ0v) is 17.2. The molecule has 1 aromatic heterocycles. The highest BCUT2D eigenvalue weighted by atomic mass is 127. The third-order valence-corrected chi connectivity index (χ3v) is 3.53. The van der Waals surface area contributed by atoms with Gasteiger partial charge in [-0.25, -0.2) is 0 Å². The SMILES string of the molecule is CCNC(=NCCc1cccc(Cl)c1)NCCn1cc(C)cn1.I. The molecule has 24 heavy (non-hydrogen) atoms. The van der Waals surface area contributed by atoms with Crippen LogP contribution in [0.5, 0.6) is 0 Å². The minimum Gasteiger partial charge on any atom is -0.357 e. The van der Waals surface area contributed by atoms with E-state index >= 15 is 0 Å². The third kappa shape index (κ3) is 7.53. The third-order valence-electron chi connectivity index (χ3n) is 3.30. The lowest BCUT2D eigenvalue weighted by Crippen LogP contribution is -2.39. The lowest BCUT2D eigenvalue weighted by Gasteiger charge is -2.11. The van der Waals surface area contributed by atoms with Gasteiger partial charge in [0.15, 0.2) is 5.96 Å². The molecule has 0 atom stereocenters. The predicted molar refractivity (Wildman–Crippen MR) is 112 cm³/mol. The number of hydrogen-bond acceptors (Lipinski definition) is 2. The summed E-state index contributed by atoms with van der Waals surface area (Å²) in [6.07, 6.45) is 4.77. The molecule has 0 radical (unpaired) electrons. The number of rotatable bonds is 7. The van der Waals surface area contributed by atoms with Crippen LogP contribution in [-0.2, 0) is 13.0 Å². The van der Waals surface area contributed by atoms with E-state index in [1.54, 1.807) is 0 Å². The van der Waals surface area contributed by atoms with Crippen molar-refractivity contribution in [2.24, 2.45) is 4.99 Å². The van der Waals surface area contributed by atoms with Gasteiger partial charge in [0.2, 0.25) is 0 Å². The minimum absolute atomic E-state index is 0. The van der Waals surface area contributed by atoms with E-state index < -0.39 is 0 Å². The Kier molecular flexibility index (Phi) is 9.78. The lowest BCUT2D eigenvalue weighted by atomic mass is 10.1. The van der Waals surface area contributed by atoms with Crippen LogP contribution in [0.1, 0.15) is 18.1 Å². The summed E-state index contributed by atoms with van der Waals surface area (Å²) in [7, 11) is 0. The van der Waals surface area contributed by atoms with Gasteiger partial charge in [-0.3, -0.25) is 9.67 Å². The number of benzene rings is 1. The number of halogens is 2. The average molecular weight is 462 g/mol. The van der Waals surface area contributed by atoms with Gasteiger partial charge in [0, 0.05) is 30.9 Å². The van der Waals surface area contributed by atoms with Crippen LogP contribution in [0, 0.1) is 6.92 Å². The fourth-order valence-corrected chi connectivity index (χ4v) is 2.42. The Hall–Kier alpha value is -1.28. The molecule has 2 aromatic rings. The number of aromatic nitrogens is 2. The molecule has 0 aliphatic rings. The molecule has 0 bridgehead atoms. The van der Waals surface area contributed by atoms with Crippen LogP contribution in [0.15, 0.2) is 41.7 Å². The Bertz CT molecular complexity index is 641. The quantitative estimate of drug-likeness (QED) is 0.378. The summed E-state index contributed by atoms with van der Waals surface area (Å²) in [5.74, 6) is 0.832. The molecule has 7 heteroatoms. The van der Waals surface area contributed by atoms with Crippen molar-refractivity contribution in [3.8, 4) is 0 Å². The average Bonchev–Trinajstić information content (AvgIpc) is 2.93. The van der Waals surface area contributed by atoms with Gasteiger partial charge in [-0.15, -0.1) is 24.0 Å². The largest absolute Gasteiger partial charge is 0.357 e. The van der Waals surface area contributed by atoms with Crippen molar-refractivity contribution < 1.29 is 0 Å². The number of nitrogens with zero attached hydrogens (tertiary/aromatic N) is 3. The van der Waals surface area contributed by atoms with E-state index in [1.807, 2.05) is 42.2 Å². The van der Waals surface area contributed by atoms with Gasteiger partial charge in [0.1, 0.15) is 0 Å². The van der Waals surface area contributed by atoms with Crippen LogP contribution in [0.2, 0.25) is 5.02 Å². The van der Waals surface area contributed by atoms with Crippen LogP contribution < -0.4 is 10.6 Å². The van der Waals surface area contributed by atoms with Crippen molar-refractivity contribution >= 4 is 41.5 Å². The molecular weight excluding hydrogens is 437 g/mol. The topological polar surface area (TPSA) is 54.2 Å². The molecule has 0 saturated heterocycles. The first-order chi connectivity index (χ1) is 11.2. The Morgan fingerprint density at radius 2 is 2.17 bits per heavy atom. The number of guanidine groups is 1. The highest BCUT2D eigenvalue weighted by Gasteiger charge is 1.99. The van der Waals surface area contributed by atoms with E-state index in [0.717, 1.165) is 43.6 Å². The van der Waals surface area contributed by atoms with Crippen LogP contribution in [0.3, 0.4) is 0 Å². The number of hydrogen-bond donors (Lipinski definition) is 2. The first-order valence-electron chi connectivity index (χ1n) is 7.93. The smallest absolute Gasteiger partial charge is 0.191 e. The summed E-state index contributed by atoms with van der Waals surface area (Å²) < 4.78 is 1.93. The highest BCUT2D eigenvalue weighted by Crippen LogP contribution is 2.10. The zero-order chi connectivity index (χ0) is 16.5. The number of nitrogens with one attached hydrogen (secondary N) is 2. The zero-order valence-electron chi connectivity index (χ0n) is 14.1. The van der Waals surface area contributed by atoms with E-state index in [9.17, 15) is 0 Å². The van der Waals surface area contributed by atoms with Crippen molar-refractivity contribution in [2.75, 3.05) is 19.6 Å². The van der Waals surface area contributed by atoms with Gasteiger partial charge in [0.05, 0.1) is 12.7 Å². The molecule has 1 heterocycles. The van der Waals surface area contributed by atoms with Gasteiger partial charge in [-0.1, -0.05) is 23.7 Å². The molecule has 0 aliphatic carbocycles. The maximum Gasteiger partial charge on any atom is 0.191 e. The molecule has 1 aromatic carbocycles. The molecule has 0 unspecified atom stereocenters. The van der Waals surface area contributed by atoms with Crippen molar-refractivity contribution in [3.05, 3.63) is 52.8 Å². The molecular formula is C17H25ClIN5. The molecule has 0 aliphatic heterocycles. The van der Waals surface area contributed by atoms with Gasteiger partial charge in [-0.2, -0.15) is 5.10 Å². The van der Waals surface area contributed by atoms with Crippen molar-refractivity contribution in [2.45, 2.75) is 26.8 Å². The van der Waals surface area contributed by atoms with Gasteiger partial charge in [0.25, 0.3) is 0 Å². The number of aliphatic imine (C=N–C) groups is 1. The van der Waals surface area contributed by atoms with E-state index in [-0.39, 0.29) is 24.0 Å². The molecule has 132 valence electrons. The first-order valence-corrected chi connectivity index (χ1v) is 8.31. The molecule has 0 saturated carbocycles. The van der Waals surface area contributed by atoms with Gasteiger partial charge < -0.3 is 10.6 Å². The molecule has 5 nitrogen and oxygen atoms in total. The first kappa shape index (κ1) is 20.8. The van der Waals surface area contributed by atoms with Crippen molar-refractivity contribution in [1.82, 2.24) is 20.4 Å². The summed E-state index contributed by atoms with van der Waals surface area (Å²) in [5, 5.41) is 11.6. The summed E-state index contributed by atoms with van der Waals surface area (Å²) >= 11 is 6.00. The van der Waals surface area contributed by atoms with Gasteiger partial charge in [-0.05, 0) is 43.5 Å². The minimum atomic E-state index is 0. The number of aryl methyl sites for hydroxylation is 1. The van der Waals surface area contributed by atoms with E-state index in [1.165, 1.54) is 11.1 Å². The Morgan fingerprint density at radius 3 is 2.83 bits per heavy atom. The van der Waals surface area contributed by atoms with E-state index in [4.69, 9.17) is 11.6 Å². The fourth-order valence-electron chi connectivity index (χ4n) is 2.21. The molecule has 2 rings (SSSR count). The van der Waals surface area contributed by atoms with Crippen LogP contribution in [0.25, 0.3) is 0 Å². The summed E-state index contributed by atoms with van der Waals surface area (Å²) in [5.41, 5.74) is 2.37. The normalized spacial score (nSPS) is 11.0. The summed E-state index contributed by atoms with van der Waals surface area (Å²) in [4.78, 5) is 4.60. The maximum absolute atomic E-state index is 6.00. The van der Waals surface area contributed by atoms with Crippen LogP contribution in [-0.4, -0.2) is 35.4 Å². The second kappa shape index (κ2) is 11.3. The molecule has 2 N–H and O–H groups in total. The molecule has 0 fully saturated rings. The Morgan fingerprint density at radius 1 is 1.33 bits per heavy atom. The monoisotopic (exact) mass is 461 g/mol. The van der Waals surface area contributed by atoms with Crippen LogP contribution >= 0.6 is 35.6 Å². The fraction of sp³-hybridized carbons (Fsp3) is 0.412. The Labute approximate surface area is 165 Å². The second-order valence-electron chi connectivity index (χ2n) is 5.35. The second-order valence-corrected chi connectivity index (χ2v) is 5.78. The summed E-state index contributed by atoms with van der Waals surface area (Å²) in [6.45, 7) is 7.25. The highest BCUT2D eigenvalue weighted by molar-refractivity contribution is 14.0. The molecule has 0 amide bonds. The summed E-state index contributed by atoms with van der Waals surface area (Å²) in [6, 6.07) is 7.91. The van der Waals surface area contributed by atoms with Gasteiger partial charge >= 0.3 is 0 Å². The molecule has 0 spiro atoms. The van der Waals surface area contributed by atoms with Crippen molar-refractivity contribution in [3.63, 3.8) is 0 Å². The lowest BCUT2D eigenvalue weighted by molar-refractivity contribution is 0.597. The van der Waals surface area contributed by atoms with Crippen LogP contribution in [0.4, 0.5) is 0 Å². The maximum atomic E-state index is 6.00. The van der Waals surface area contributed by atoms with E-state index in [2.05, 4.69) is 33.7 Å².